The van der Waals surface area contributed by atoms with Crippen molar-refractivity contribution in [3.8, 4) is 11.5 Å². The summed E-state index contributed by atoms with van der Waals surface area (Å²) < 4.78 is 16.6. The molecule has 0 aliphatic carbocycles. The molecule has 0 spiro atoms. The lowest BCUT2D eigenvalue weighted by Gasteiger charge is -2.21. The van der Waals surface area contributed by atoms with Gasteiger partial charge in [-0.15, -0.1) is 0 Å². The topological polar surface area (TPSA) is 39.7 Å². The van der Waals surface area contributed by atoms with E-state index in [0.29, 0.717) is 6.10 Å². The molecule has 0 radical (unpaired) electrons. The maximum absolute atomic E-state index is 5.69. The molecular weight excluding hydrogens is 266 g/mol. The van der Waals surface area contributed by atoms with Crippen molar-refractivity contribution >= 4 is 0 Å². The molecule has 4 heteroatoms. The molecule has 1 aliphatic heterocycles. The van der Waals surface area contributed by atoms with Gasteiger partial charge in [-0.3, -0.25) is 0 Å². The molecule has 0 amide bonds. The minimum atomic E-state index is 0.274. The SMILES string of the molecule is CNC(CCCC1CCCO1)c1cccc(OC)c1OC. The molecule has 21 heavy (non-hydrogen) atoms. The lowest BCUT2D eigenvalue weighted by Crippen LogP contribution is -2.18. The summed E-state index contributed by atoms with van der Waals surface area (Å²) in [6.45, 7) is 0.934. The highest BCUT2D eigenvalue weighted by Gasteiger charge is 2.19. The van der Waals surface area contributed by atoms with E-state index < -0.39 is 0 Å². The van der Waals surface area contributed by atoms with Gasteiger partial charge in [-0.2, -0.15) is 0 Å². The number of rotatable bonds is 8. The number of methoxy groups -OCH3 is 2. The fraction of sp³-hybridized carbons (Fsp3) is 0.647. The highest BCUT2D eigenvalue weighted by atomic mass is 16.5. The van der Waals surface area contributed by atoms with E-state index in [0.717, 1.165) is 42.9 Å². The zero-order valence-corrected chi connectivity index (χ0v) is 13.4. The third-order valence-corrected chi connectivity index (χ3v) is 4.20. The van der Waals surface area contributed by atoms with Crippen molar-refractivity contribution in [2.24, 2.45) is 0 Å². The van der Waals surface area contributed by atoms with Crippen LogP contribution < -0.4 is 14.8 Å². The molecule has 0 aromatic heterocycles. The Morgan fingerprint density at radius 1 is 1.33 bits per heavy atom. The number of nitrogens with one attached hydrogen (secondary N) is 1. The summed E-state index contributed by atoms with van der Waals surface area (Å²) in [6, 6.07) is 6.33. The number of ether oxygens (including phenoxy) is 3. The molecule has 0 saturated carbocycles. The van der Waals surface area contributed by atoms with Crippen LogP contribution in [0.4, 0.5) is 0 Å². The fourth-order valence-corrected chi connectivity index (χ4v) is 3.06. The van der Waals surface area contributed by atoms with Crippen LogP contribution in [-0.2, 0) is 4.74 Å². The molecule has 1 fully saturated rings. The molecule has 0 bridgehead atoms. The van der Waals surface area contributed by atoms with Gasteiger partial charge >= 0.3 is 0 Å². The highest BCUT2D eigenvalue weighted by Crippen LogP contribution is 2.36. The second-order valence-corrected chi connectivity index (χ2v) is 5.49. The first kappa shape index (κ1) is 16.1. The maximum Gasteiger partial charge on any atom is 0.165 e. The Bertz CT molecular complexity index is 430. The van der Waals surface area contributed by atoms with Gasteiger partial charge in [0.25, 0.3) is 0 Å². The summed E-state index contributed by atoms with van der Waals surface area (Å²) >= 11 is 0. The zero-order valence-electron chi connectivity index (χ0n) is 13.4. The molecule has 2 atom stereocenters. The molecule has 2 rings (SSSR count). The number of para-hydroxylation sites is 1. The predicted molar refractivity (Wildman–Crippen MR) is 84.2 cm³/mol. The van der Waals surface area contributed by atoms with Crippen molar-refractivity contribution in [2.45, 2.75) is 44.2 Å². The summed E-state index contributed by atoms with van der Waals surface area (Å²) in [5.41, 5.74) is 1.16. The van der Waals surface area contributed by atoms with Crippen LogP contribution in [0, 0.1) is 0 Å². The van der Waals surface area contributed by atoms with Gasteiger partial charge in [0, 0.05) is 18.2 Å². The lowest BCUT2D eigenvalue weighted by molar-refractivity contribution is 0.101. The molecule has 4 nitrogen and oxygen atoms in total. The molecule has 1 aromatic carbocycles. The third-order valence-electron chi connectivity index (χ3n) is 4.20. The van der Waals surface area contributed by atoms with Crippen LogP contribution in [0.5, 0.6) is 11.5 Å². The first-order valence-electron chi connectivity index (χ1n) is 7.80. The number of hydrogen-bond donors (Lipinski definition) is 1. The van der Waals surface area contributed by atoms with Crippen molar-refractivity contribution in [3.63, 3.8) is 0 Å². The van der Waals surface area contributed by atoms with Gasteiger partial charge in [0.2, 0.25) is 0 Å². The number of hydrogen-bond acceptors (Lipinski definition) is 4. The van der Waals surface area contributed by atoms with Crippen molar-refractivity contribution < 1.29 is 14.2 Å². The van der Waals surface area contributed by atoms with E-state index in [2.05, 4.69) is 11.4 Å². The first-order chi connectivity index (χ1) is 10.3. The van der Waals surface area contributed by atoms with Gasteiger partial charge in [-0.05, 0) is 45.2 Å². The Hall–Kier alpha value is -1.26. The molecule has 1 aromatic rings. The Morgan fingerprint density at radius 2 is 2.19 bits per heavy atom. The average Bonchev–Trinajstić information content (AvgIpc) is 3.04. The molecule has 118 valence electrons. The maximum atomic E-state index is 5.69. The van der Waals surface area contributed by atoms with Crippen LogP contribution in [0.3, 0.4) is 0 Å². The Morgan fingerprint density at radius 3 is 2.81 bits per heavy atom. The zero-order chi connectivity index (χ0) is 15.1. The molecule has 2 unspecified atom stereocenters. The summed E-state index contributed by atoms with van der Waals surface area (Å²) in [5.74, 6) is 1.62. The van der Waals surface area contributed by atoms with Crippen LogP contribution in [-0.4, -0.2) is 34.0 Å². The largest absolute Gasteiger partial charge is 0.493 e. The van der Waals surface area contributed by atoms with Gasteiger partial charge < -0.3 is 19.5 Å². The molecular formula is C17H27NO3. The number of benzene rings is 1. The molecule has 1 heterocycles. The van der Waals surface area contributed by atoms with E-state index in [1.807, 2.05) is 19.2 Å². The van der Waals surface area contributed by atoms with Crippen molar-refractivity contribution in [2.75, 3.05) is 27.9 Å². The van der Waals surface area contributed by atoms with Crippen molar-refractivity contribution in [1.82, 2.24) is 5.32 Å². The summed E-state index contributed by atoms with van der Waals surface area (Å²) in [6.07, 6.45) is 6.26. The second-order valence-electron chi connectivity index (χ2n) is 5.49. The van der Waals surface area contributed by atoms with Gasteiger partial charge in [-0.25, -0.2) is 0 Å². The normalized spacial score (nSPS) is 19.5. The van der Waals surface area contributed by atoms with Crippen LogP contribution >= 0.6 is 0 Å². The predicted octanol–water partition coefficient (Wildman–Crippen LogP) is 3.31. The van der Waals surface area contributed by atoms with Crippen molar-refractivity contribution in [1.29, 1.82) is 0 Å². The first-order valence-corrected chi connectivity index (χ1v) is 7.80. The van der Waals surface area contributed by atoms with E-state index in [1.54, 1.807) is 14.2 Å². The van der Waals surface area contributed by atoms with Gasteiger partial charge in [0.15, 0.2) is 11.5 Å². The van der Waals surface area contributed by atoms with Crippen LogP contribution in [0.25, 0.3) is 0 Å². The van der Waals surface area contributed by atoms with Crippen molar-refractivity contribution in [3.05, 3.63) is 23.8 Å². The van der Waals surface area contributed by atoms with Crippen LogP contribution in [0.1, 0.15) is 43.7 Å². The summed E-state index contributed by atoms with van der Waals surface area (Å²) in [7, 11) is 5.36. The van der Waals surface area contributed by atoms with E-state index in [-0.39, 0.29) is 6.04 Å². The molecule has 1 aliphatic rings. The average molecular weight is 293 g/mol. The van der Waals surface area contributed by atoms with E-state index in [1.165, 1.54) is 12.8 Å². The summed E-state index contributed by atoms with van der Waals surface area (Å²) in [4.78, 5) is 0. The van der Waals surface area contributed by atoms with E-state index in [9.17, 15) is 0 Å². The van der Waals surface area contributed by atoms with Crippen LogP contribution in [0.15, 0.2) is 18.2 Å². The minimum Gasteiger partial charge on any atom is -0.493 e. The van der Waals surface area contributed by atoms with Gasteiger partial charge in [0.1, 0.15) is 0 Å². The standard InChI is InChI=1S/C17H27NO3/c1-18-15(10-4-7-13-8-6-12-21-13)14-9-5-11-16(19-2)17(14)20-3/h5,9,11,13,15,18H,4,6-8,10,12H2,1-3H3. The van der Waals surface area contributed by atoms with E-state index >= 15 is 0 Å². The smallest absolute Gasteiger partial charge is 0.165 e. The lowest BCUT2D eigenvalue weighted by atomic mass is 9.98. The molecule has 1 saturated heterocycles. The summed E-state index contributed by atoms with van der Waals surface area (Å²) in [5, 5.41) is 3.39. The second kappa shape index (κ2) is 8.25. The highest BCUT2D eigenvalue weighted by molar-refractivity contribution is 5.48. The van der Waals surface area contributed by atoms with Gasteiger partial charge in [0.05, 0.1) is 20.3 Å². The molecule has 1 N–H and O–H groups in total. The Labute approximate surface area is 127 Å². The Kier molecular flexibility index (Phi) is 6.33. The van der Waals surface area contributed by atoms with Crippen LogP contribution in [0.2, 0.25) is 0 Å². The van der Waals surface area contributed by atoms with E-state index in [4.69, 9.17) is 14.2 Å². The minimum absolute atomic E-state index is 0.274. The third kappa shape index (κ3) is 4.11. The van der Waals surface area contributed by atoms with Gasteiger partial charge in [-0.1, -0.05) is 12.1 Å². The quantitative estimate of drug-likeness (QED) is 0.798. The monoisotopic (exact) mass is 293 g/mol. The fourth-order valence-electron chi connectivity index (χ4n) is 3.06. The Balaban J connectivity index is 1.99.